The number of nitrogens with one attached hydrogen (secondary N) is 1. The van der Waals surface area contributed by atoms with Crippen LogP contribution in [-0.4, -0.2) is 46.5 Å². The number of benzene rings is 4. The Labute approximate surface area is 262 Å². The molecule has 0 bridgehead atoms. The van der Waals surface area contributed by atoms with E-state index in [-0.39, 0.29) is 41.9 Å². The van der Waals surface area contributed by atoms with E-state index in [1.165, 1.54) is 22.9 Å². The lowest BCUT2D eigenvalue weighted by Gasteiger charge is -2.16. The summed E-state index contributed by atoms with van der Waals surface area (Å²) in [5, 5.41) is 17.7. The Bertz CT molecular complexity index is 1880. The number of ether oxygens (including phenoxy) is 3. The quantitative estimate of drug-likeness (QED) is 0.155. The molecule has 9 nitrogen and oxygen atoms in total. The second-order valence-electron chi connectivity index (χ2n) is 10.6. The molecule has 1 heterocycles. The van der Waals surface area contributed by atoms with Gasteiger partial charge in [0.25, 0.3) is 5.91 Å². The Morgan fingerprint density at radius 3 is 2.30 bits per heavy atom. The average Bonchev–Trinajstić information content (AvgIpc) is 3.43. The number of fused-ring (bicyclic) bond motifs is 1. The van der Waals surface area contributed by atoms with E-state index in [2.05, 4.69) is 10.4 Å². The number of alkyl halides is 3. The van der Waals surface area contributed by atoms with Gasteiger partial charge in [-0.15, -0.1) is 5.10 Å². The van der Waals surface area contributed by atoms with Gasteiger partial charge in [-0.25, -0.2) is 4.68 Å². The normalized spacial score (nSPS) is 11.5. The molecule has 0 aliphatic rings. The van der Waals surface area contributed by atoms with Crippen LogP contribution in [0.2, 0.25) is 0 Å². The van der Waals surface area contributed by atoms with Gasteiger partial charge in [0.15, 0.2) is 0 Å². The third kappa shape index (κ3) is 7.40. The maximum absolute atomic E-state index is 13.8. The molecule has 0 radical (unpaired) electrons. The van der Waals surface area contributed by atoms with Gasteiger partial charge in [-0.3, -0.25) is 9.59 Å². The molecule has 12 heteroatoms. The summed E-state index contributed by atoms with van der Waals surface area (Å²) >= 11 is 0. The van der Waals surface area contributed by atoms with Crippen LogP contribution in [0.5, 0.6) is 23.1 Å². The number of amides is 1. The Hall–Kier alpha value is -5.52. The van der Waals surface area contributed by atoms with Crippen LogP contribution in [0.4, 0.5) is 13.2 Å². The Kier molecular flexibility index (Phi) is 9.17. The van der Waals surface area contributed by atoms with Gasteiger partial charge in [0.1, 0.15) is 22.9 Å². The molecule has 0 fully saturated rings. The number of hydrogen-bond donors (Lipinski definition) is 2. The van der Waals surface area contributed by atoms with Gasteiger partial charge in [0, 0.05) is 18.3 Å². The first-order valence-electron chi connectivity index (χ1n) is 14.3. The molecule has 0 saturated heterocycles. The standard InChI is InChI=1S/C34H30F3N3O6/c1-20(2)45-30-13-9-25(34(35,36)37)18-29(30)40-19-28(24-5-4-23-17-27(44-3)12-8-22(23)16-24)33(39-40)46-26-10-6-21(7-11-26)32(43)38-15-14-31(41)42/h4-13,16-20H,14-15H2,1-3H3,(H,38,43)(H,41,42). The van der Waals surface area contributed by atoms with Crippen molar-refractivity contribution >= 4 is 22.6 Å². The zero-order valence-electron chi connectivity index (χ0n) is 25.1. The van der Waals surface area contributed by atoms with Gasteiger partial charge in [0.05, 0.1) is 30.8 Å². The number of rotatable bonds is 11. The smallest absolute Gasteiger partial charge is 0.416 e. The molecular formula is C34H30F3N3O6. The van der Waals surface area contributed by atoms with Gasteiger partial charge < -0.3 is 24.6 Å². The van der Waals surface area contributed by atoms with Gasteiger partial charge in [-0.2, -0.15) is 13.2 Å². The second-order valence-corrected chi connectivity index (χ2v) is 10.6. The highest BCUT2D eigenvalue weighted by Crippen LogP contribution is 2.39. The van der Waals surface area contributed by atoms with E-state index in [1.807, 2.05) is 36.4 Å². The highest BCUT2D eigenvalue weighted by Gasteiger charge is 2.32. The summed E-state index contributed by atoms with van der Waals surface area (Å²) in [6, 6.07) is 20.5. The topological polar surface area (TPSA) is 112 Å². The molecule has 0 spiro atoms. The van der Waals surface area contributed by atoms with E-state index in [9.17, 15) is 22.8 Å². The minimum Gasteiger partial charge on any atom is -0.497 e. The first-order valence-corrected chi connectivity index (χ1v) is 14.3. The van der Waals surface area contributed by atoms with Crippen molar-refractivity contribution in [3.05, 3.63) is 96.2 Å². The molecule has 0 saturated carbocycles. The molecule has 5 rings (SSSR count). The van der Waals surface area contributed by atoms with Crippen LogP contribution in [0.25, 0.3) is 27.6 Å². The fraction of sp³-hybridized carbons (Fsp3) is 0.206. The molecule has 1 amide bonds. The third-order valence-corrected chi connectivity index (χ3v) is 6.89. The van der Waals surface area contributed by atoms with Crippen molar-refractivity contribution in [3.8, 4) is 39.9 Å². The predicted molar refractivity (Wildman–Crippen MR) is 165 cm³/mol. The van der Waals surface area contributed by atoms with Crippen molar-refractivity contribution < 1.29 is 42.1 Å². The minimum absolute atomic E-state index is 0.0240. The fourth-order valence-electron chi connectivity index (χ4n) is 4.67. The van der Waals surface area contributed by atoms with Crippen molar-refractivity contribution in [1.29, 1.82) is 0 Å². The Morgan fingerprint density at radius 1 is 0.935 bits per heavy atom. The van der Waals surface area contributed by atoms with Gasteiger partial charge in [-0.1, -0.05) is 18.2 Å². The van der Waals surface area contributed by atoms with E-state index in [0.29, 0.717) is 22.6 Å². The Morgan fingerprint density at radius 2 is 1.63 bits per heavy atom. The molecule has 5 aromatic rings. The van der Waals surface area contributed by atoms with Gasteiger partial charge >= 0.3 is 12.1 Å². The van der Waals surface area contributed by atoms with Crippen LogP contribution in [0.15, 0.2) is 85.1 Å². The maximum atomic E-state index is 13.8. The van der Waals surface area contributed by atoms with Crippen LogP contribution in [0.3, 0.4) is 0 Å². The summed E-state index contributed by atoms with van der Waals surface area (Å²) in [6.07, 6.45) is -3.55. The lowest BCUT2D eigenvalue weighted by atomic mass is 10.0. The highest BCUT2D eigenvalue weighted by molar-refractivity contribution is 5.94. The molecule has 238 valence electrons. The van der Waals surface area contributed by atoms with E-state index < -0.39 is 23.6 Å². The number of nitrogens with zero attached hydrogens (tertiary/aromatic N) is 2. The summed E-state index contributed by atoms with van der Waals surface area (Å²) in [7, 11) is 1.58. The fourth-order valence-corrected chi connectivity index (χ4v) is 4.67. The Balaban J connectivity index is 1.56. The SMILES string of the molecule is COc1ccc2cc(-c3cn(-c4cc(C(F)(F)F)ccc4OC(C)C)nc3Oc3ccc(C(=O)NCCC(=O)O)cc3)ccc2c1. The maximum Gasteiger partial charge on any atom is 0.416 e. The van der Waals surface area contributed by atoms with Gasteiger partial charge in [0.2, 0.25) is 5.88 Å². The molecule has 46 heavy (non-hydrogen) atoms. The number of aromatic nitrogens is 2. The molecule has 4 aromatic carbocycles. The van der Waals surface area contributed by atoms with Crippen LogP contribution in [0, 0.1) is 0 Å². The summed E-state index contributed by atoms with van der Waals surface area (Å²) in [4.78, 5) is 23.1. The summed E-state index contributed by atoms with van der Waals surface area (Å²) in [5.41, 5.74) is 0.661. The molecular weight excluding hydrogens is 603 g/mol. The first kappa shape index (κ1) is 31.9. The minimum atomic E-state index is -4.60. The number of halogens is 3. The van der Waals surface area contributed by atoms with Crippen LogP contribution < -0.4 is 19.5 Å². The second kappa shape index (κ2) is 13.2. The molecule has 1 aromatic heterocycles. The van der Waals surface area contributed by atoms with Crippen LogP contribution in [0.1, 0.15) is 36.2 Å². The highest BCUT2D eigenvalue weighted by atomic mass is 19.4. The first-order chi connectivity index (χ1) is 21.9. The van der Waals surface area contributed by atoms with E-state index in [4.69, 9.17) is 19.3 Å². The van der Waals surface area contributed by atoms with Crippen molar-refractivity contribution in [1.82, 2.24) is 15.1 Å². The zero-order chi connectivity index (χ0) is 33.0. The third-order valence-electron chi connectivity index (χ3n) is 6.89. The van der Waals surface area contributed by atoms with Crippen LogP contribution >= 0.6 is 0 Å². The van der Waals surface area contributed by atoms with Crippen LogP contribution in [-0.2, 0) is 11.0 Å². The van der Waals surface area contributed by atoms with Crippen molar-refractivity contribution in [2.75, 3.05) is 13.7 Å². The summed E-state index contributed by atoms with van der Waals surface area (Å²) < 4.78 is 59.9. The van der Waals surface area contributed by atoms with E-state index >= 15 is 0 Å². The molecule has 0 aliphatic heterocycles. The predicted octanol–water partition coefficient (Wildman–Crippen LogP) is 7.50. The van der Waals surface area contributed by atoms with Crippen molar-refractivity contribution in [2.45, 2.75) is 32.5 Å². The average molecular weight is 634 g/mol. The lowest BCUT2D eigenvalue weighted by molar-refractivity contribution is -0.138. The van der Waals surface area contributed by atoms with Crippen molar-refractivity contribution in [2.24, 2.45) is 0 Å². The molecule has 2 N–H and O–H groups in total. The molecule has 0 unspecified atom stereocenters. The largest absolute Gasteiger partial charge is 0.497 e. The number of carbonyl (C=O) groups excluding carboxylic acids is 1. The number of carboxylic acid groups (broad SMARTS) is 1. The number of carboxylic acids is 1. The van der Waals surface area contributed by atoms with E-state index in [1.54, 1.807) is 39.3 Å². The molecule has 0 aliphatic carbocycles. The van der Waals surface area contributed by atoms with E-state index in [0.717, 1.165) is 22.9 Å². The number of hydrogen-bond acceptors (Lipinski definition) is 6. The number of aliphatic carboxylic acids is 1. The summed E-state index contributed by atoms with van der Waals surface area (Å²) in [6.45, 7) is 3.51. The van der Waals surface area contributed by atoms with Gasteiger partial charge in [-0.05, 0) is 90.8 Å². The monoisotopic (exact) mass is 633 g/mol. The molecule has 0 atom stereocenters. The van der Waals surface area contributed by atoms with Crippen molar-refractivity contribution in [3.63, 3.8) is 0 Å². The number of methoxy groups -OCH3 is 1. The summed E-state index contributed by atoms with van der Waals surface area (Å²) in [5.74, 6) is -0.182. The lowest BCUT2D eigenvalue weighted by Crippen LogP contribution is -2.25. The zero-order valence-corrected chi connectivity index (χ0v) is 25.1. The number of carbonyl (C=O) groups is 2.